The Morgan fingerprint density at radius 3 is 2.44 bits per heavy atom. The second kappa shape index (κ2) is 13.0. The van der Waals surface area contributed by atoms with Gasteiger partial charge in [0.05, 0.1) is 21.7 Å². The number of rotatable bonds is 8. The third-order valence-corrected chi connectivity index (χ3v) is 9.61. The van der Waals surface area contributed by atoms with Gasteiger partial charge >= 0.3 is 12.3 Å². The maximum absolute atomic E-state index is 14.5. The van der Waals surface area contributed by atoms with Crippen LogP contribution in [0.25, 0.3) is 22.2 Å². The number of nitrogens with zero attached hydrogens (tertiary/aromatic N) is 4. The Labute approximate surface area is 278 Å². The monoisotopic (exact) mass is 687 g/mol. The summed E-state index contributed by atoms with van der Waals surface area (Å²) in [6.07, 6.45) is -1.47. The average molecular weight is 688 g/mol. The predicted molar refractivity (Wildman–Crippen MR) is 176 cm³/mol. The number of anilines is 1. The number of aryl methyl sites for hydroxylation is 1. The molecule has 4 aromatic rings. The molecular weight excluding hydrogens is 647 g/mol. The van der Waals surface area contributed by atoms with E-state index in [4.69, 9.17) is 4.74 Å². The fourth-order valence-electron chi connectivity index (χ4n) is 5.58. The van der Waals surface area contributed by atoms with Crippen LogP contribution in [0.2, 0.25) is 0 Å². The second-order valence-electron chi connectivity index (χ2n) is 13.7. The Morgan fingerprint density at radius 1 is 1.08 bits per heavy atom. The van der Waals surface area contributed by atoms with E-state index in [1.54, 1.807) is 71.0 Å². The highest BCUT2D eigenvalue weighted by Crippen LogP contribution is 2.40. The molecule has 5 rings (SSSR count). The van der Waals surface area contributed by atoms with Crippen LogP contribution < -0.4 is 5.32 Å². The summed E-state index contributed by atoms with van der Waals surface area (Å²) in [5, 5.41) is 13.6. The van der Waals surface area contributed by atoms with E-state index in [1.165, 1.54) is 23.2 Å². The number of carbonyl (C=O) groups is 1. The number of piperidine rings is 1. The molecule has 1 atom stereocenters. The molecule has 14 heteroatoms. The molecule has 48 heavy (non-hydrogen) atoms. The molecule has 3 heterocycles. The lowest BCUT2D eigenvalue weighted by Gasteiger charge is -2.34. The number of amides is 1. The van der Waals surface area contributed by atoms with Gasteiger partial charge < -0.3 is 20.1 Å². The van der Waals surface area contributed by atoms with E-state index in [0.29, 0.717) is 44.0 Å². The summed E-state index contributed by atoms with van der Waals surface area (Å²) in [7, 11) is -4.24. The zero-order valence-electron chi connectivity index (χ0n) is 27.5. The molecule has 0 radical (unpaired) electrons. The number of likely N-dealkylation sites (tertiary alicyclic amines) is 1. The van der Waals surface area contributed by atoms with E-state index in [0.717, 1.165) is 3.97 Å². The first-order valence-electron chi connectivity index (χ1n) is 15.7. The molecule has 0 saturated carbocycles. The van der Waals surface area contributed by atoms with Gasteiger partial charge in [0.15, 0.2) is 0 Å². The Balaban J connectivity index is 1.59. The van der Waals surface area contributed by atoms with Gasteiger partial charge in [-0.1, -0.05) is 30.3 Å². The number of alkyl halides is 3. The Hall–Kier alpha value is -4.17. The number of nitrogens with one attached hydrogen (secondary N) is 1. The minimum Gasteiger partial charge on any atom is -0.444 e. The van der Waals surface area contributed by atoms with Gasteiger partial charge in [0.1, 0.15) is 11.2 Å². The molecule has 0 aliphatic carbocycles. The molecule has 2 aromatic carbocycles. The SMILES string of the molecule is CC(C)(O)CCc1ccc2c(-c3nc(N[C@H]4CCCN(C(=O)OC(C)(C)C)C4)ncc3C(F)(F)F)cn(S(=O)(=O)c3ccccc3)c2c1. The van der Waals surface area contributed by atoms with Gasteiger partial charge in [-0.3, -0.25) is 0 Å². The number of hydrogen-bond donors (Lipinski definition) is 2. The van der Waals surface area contributed by atoms with Crippen molar-refractivity contribution in [3.05, 3.63) is 72.1 Å². The van der Waals surface area contributed by atoms with Crippen molar-refractivity contribution in [2.75, 3.05) is 18.4 Å². The summed E-state index contributed by atoms with van der Waals surface area (Å²) in [5.41, 5.74) is -2.46. The molecule has 1 amide bonds. The van der Waals surface area contributed by atoms with Gasteiger partial charge in [-0.2, -0.15) is 13.2 Å². The number of aliphatic hydroxyl groups is 1. The number of halogens is 3. The highest BCUT2D eigenvalue weighted by molar-refractivity contribution is 7.90. The van der Waals surface area contributed by atoms with E-state index in [-0.39, 0.29) is 39.9 Å². The van der Waals surface area contributed by atoms with Crippen LogP contribution in [0, 0.1) is 0 Å². The summed E-state index contributed by atoms with van der Waals surface area (Å²) in [4.78, 5) is 22.5. The van der Waals surface area contributed by atoms with Crippen LogP contribution in [0.1, 0.15) is 65.0 Å². The van der Waals surface area contributed by atoms with Crippen molar-refractivity contribution in [1.82, 2.24) is 18.8 Å². The third kappa shape index (κ3) is 8.09. The lowest BCUT2D eigenvalue weighted by atomic mass is 9.97. The van der Waals surface area contributed by atoms with Gasteiger partial charge in [0.25, 0.3) is 10.0 Å². The average Bonchev–Trinajstić information content (AvgIpc) is 3.38. The summed E-state index contributed by atoms with van der Waals surface area (Å²) in [5.74, 6) is -0.0948. The fourth-order valence-corrected chi connectivity index (χ4v) is 6.96. The van der Waals surface area contributed by atoms with Crippen LogP contribution in [0.3, 0.4) is 0 Å². The molecule has 2 aromatic heterocycles. The highest BCUT2D eigenvalue weighted by Gasteiger charge is 2.37. The molecule has 0 bridgehead atoms. The van der Waals surface area contributed by atoms with Crippen molar-refractivity contribution in [3.63, 3.8) is 0 Å². The molecule has 258 valence electrons. The van der Waals surface area contributed by atoms with E-state index in [2.05, 4.69) is 15.3 Å². The van der Waals surface area contributed by atoms with Crippen LogP contribution in [0.4, 0.5) is 23.9 Å². The maximum atomic E-state index is 14.5. The van der Waals surface area contributed by atoms with Gasteiger partial charge in [0, 0.05) is 42.5 Å². The van der Waals surface area contributed by atoms with Crippen molar-refractivity contribution < 1.29 is 36.2 Å². The minimum atomic E-state index is -4.86. The van der Waals surface area contributed by atoms with Crippen LogP contribution in [0.5, 0.6) is 0 Å². The van der Waals surface area contributed by atoms with Gasteiger partial charge in [-0.25, -0.2) is 27.2 Å². The molecular formula is C34H40F3N5O5S. The highest BCUT2D eigenvalue weighted by atomic mass is 32.2. The lowest BCUT2D eigenvalue weighted by molar-refractivity contribution is -0.137. The Bertz CT molecular complexity index is 1900. The molecule has 0 unspecified atom stereocenters. The van der Waals surface area contributed by atoms with Crippen molar-refractivity contribution in [2.45, 2.75) is 88.6 Å². The standard InChI is InChI=1S/C34H40F3N5O5S/c1-32(2,3)47-31(43)41-17-9-10-23(20-41)39-30-38-19-27(34(35,36)37)29(40-30)26-21-42(48(45,46)24-11-7-6-8-12-24)28-18-22(13-14-25(26)28)15-16-33(4,5)44/h6-8,11-14,18-19,21,23,44H,9-10,15-17,20H2,1-5H3,(H,38,39,40)/t23-/m0/s1. The van der Waals surface area contributed by atoms with Gasteiger partial charge in [-0.05, 0) is 84.1 Å². The summed E-state index contributed by atoms with van der Waals surface area (Å²) in [6, 6.07) is 12.2. The normalized spacial score (nSPS) is 16.3. The molecule has 10 nitrogen and oxygen atoms in total. The van der Waals surface area contributed by atoms with E-state index in [1.807, 2.05) is 0 Å². The van der Waals surface area contributed by atoms with E-state index in [9.17, 15) is 31.5 Å². The largest absolute Gasteiger partial charge is 0.444 e. The topological polar surface area (TPSA) is 127 Å². The Kier molecular flexibility index (Phi) is 9.54. The summed E-state index contributed by atoms with van der Waals surface area (Å²) < 4.78 is 77.7. The zero-order chi connectivity index (χ0) is 35.1. The first kappa shape index (κ1) is 35.1. The first-order valence-corrected chi connectivity index (χ1v) is 17.1. The number of aromatic nitrogens is 3. The third-order valence-electron chi connectivity index (χ3n) is 7.92. The molecule has 1 fully saturated rings. The maximum Gasteiger partial charge on any atom is 0.419 e. The van der Waals surface area contributed by atoms with Gasteiger partial charge in [0.2, 0.25) is 5.95 Å². The van der Waals surface area contributed by atoms with Gasteiger partial charge in [-0.15, -0.1) is 0 Å². The van der Waals surface area contributed by atoms with Crippen LogP contribution in [0.15, 0.2) is 65.8 Å². The van der Waals surface area contributed by atoms with Crippen molar-refractivity contribution >= 4 is 33.0 Å². The molecule has 1 aliphatic heterocycles. The number of benzene rings is 2. The van der Waals surface area contributed by atoms with Crippen LogP contribution >= 0.6 is 0 Å². The van der Waals surface area contributed by atoms with Crippen LogP contribution in [-0.2, 0) is 27.4 Å². The Morgan fingerprint density at radius 2 is 1.79 bits per heavy atom. The summed E-state index contributed by atoms with van der Waals surface area (Å²) >= 11 is 0. The van der Waals surface area contributed by atoms with Crippen molar-refractivity contribution in [3.8, 4) is 11.3 Å². The number of fused-ring (bicyclic) bond motifs is 1. The lowest BCUT2D eigenvalue weighted by Crippen LogP contribution is -2.47. The fraction of sp³-hybridized carbons (Fsp3) is 0.441. The predicted octanol–water partition coefficient (Wildman–Crippen LogP) is 6.87. The summed E-state index contributed by atoms with van der Waals surface area (Å²) in [6.45, 7) is 9.32. The molecule has 1 aliphatic rings. The quantitative estimate of drug-likeness (QED) is 0.206. The molecule has 2 N–H and O–H groups in total. The van der Waals surface area contributed by atoms with Crippen molar-refractivity contribution in [1.29, 1.82) is 0 Å². The second-order valence-corrected chi connectivity index (χ2v) is 15.5. The van der Waals surface area contributed by atoms with E-state index >= 15 is 0 Å². The molecule has 0 spiro atoms. The zero-order valence-corrected chi connectivity index (χ0v) is 28.3. The first-order chi connectivity index (χ1) is 22.3. The minimum absolute atomic E-state index is 0.0386. The van der Waals surface area contributed by atoms with Crippen molar-refractivity contribution in [2.24, 2.45) is 0 Å². The number of hydrogen-bond acceptors (Lipinski definition) is 8. The molecule has 1 saturated heterocycles. The number of carbonyl (C=O) groups excluding carboxylic acids is 1. The van der Waals surface area contributed by atoms with Crippen LogP contribution in [-0.4, -0.2) is 68.8 Å². The number of ether oxygens (including phenoxy) is 1. The van der Waals surface area contributed by atoms with E-state index < -0.39 is 44.8 Å². The smallest absolute Gasteiger partial charge is 0.419 e.